The summed E-state index contributed by atoms with van der Waals surface area (Å²) in [6, 6.07) is 0. The predicted molar refractivity (Wildman–Crippen MR) is 45.3 cm³/mol. The third kappa shape index (κ3) is 2.14. The van der Waals surface area contributed by atoms with E-state index < -0.39 is 0 Å². The van der Waals surface area contributed by atoms with Crippen molar-refractivity contribution >= 4 is 11.6 Å². The lowest BCUT2D eigenvalue weighted by Gasteiger charge is -2.26. The van der Waals surface area contributed by atoms with E-state index >= 15 is 0 Å². The molecule has 2 N–H and O–H groups in total. The number of hydrogen-bond acceptors (Lipinski definition) is 1. The zero-order valence-electron chi connectivity index (χ0n) is 6.35. The SMILES string of the molecule is NCC[C@H]1CCCC[C@H]1Cl. The molecule has 0 unspecified atom stereocenters. The quantitative estimate of drug-likeness (QED) is 0.617. The lowest BCUT2D eigenvalue weighted by molar-refractivity contribution is 0.350. The molecule has 0 bridgehead atoms. The summed E-state index contributed by atoms with van der Waals surface area (Å²) >= 11 is 6.11. The molecule has 2 atom stereocenters. The molecule has 0 aromatic rings. The average molecular weight is 162 g/mol. The van der Waals surface area contributed by atoms with Crippen molar-refractivity contribution < 1.29 is 0 Å². The first-order valence-electron chi connectivity index (χ1n) is 4.18. The van der Waals surface area contributed by atoms with Crippen molar-refractivity contribution in [2.24, 2.45) is 11.7 Å². The Morgan fingerprint density at radius 2 is 2.00 bits per heavy atom. The van der Waals surface area contributed by atoms with Gasteiger partial charge in [-0.15, -0.1) is 11.6 Å². The largest absolute Gasteiger partial charge is 0.330 e. The summed E-state index contributed by atoms with van der Waals surface area (Å²) < 4.78 is 0. The van der Waals surface area contributed by atoms with Crippen LogP contribution in [-0.2, 0) is 0 Å². The van der Waals surface area contributed by atoms with E-state index in [1.165, 1.54) is 25.7 Å². The third-order valence-electron chi connectivity index (χ3n) is 2.35. The van der Waals surface area contributed by atoms with Gasteiger partial charge >= 0.3 is 0 Å². The fourth-order valence-corrected chi connectivity index (χ4v) is 2.11. The van der Waals surface area contributed by atoms with Crippen molar-refractivity contribution in [3.8, 4) is 0 Å². The van der Waals surface area contributed by atoms with Gasteiger partial charge in [-0.1, -0.05) is 12.8 Å². The van der Waals surface area contributed by atoms with Crippen molar-refractivity contribution in [1.29, 1.82) is 0 Å². The zero-order valence-corrected chi connectivity index (χ0v) is 7.11. The van der Waals surface area contributed by atoms with Crippen LogP contribution in [0.1, 0.15) is 32.1 Å². The molecule has 2 heteroatoms. The smallest absolute Gasteiger partial charge is 0.0364 e. The molecule has 0 saturated heterocycles. The first-order chi connectivity index (χ1) is 4.84. The molecule has 10 heavy (non-hydrogen) atoms. The van der Waals surface area contributed by atoms with E-state index in [9.17, 15) is 0 Å². The van der Waals surface area contributed by atoms with Crippen LogP contribution in [-0.4, -0.2) is 11.9 Å². The highest BCUT2D eigenvalue weighted by Crippen LogP contribution is 2.30. The second-order valence-electron chi connectivity index (χ2n) is 3.14. The molecule has 0 aromatic heterocycles. The van der Waals surface area contributed by atoms with Crippen LogP contribution >= 0.6 is 11.6 Å². The maximum absolute atomic E-state index is 6.11. The monoisotopic (exact) mass is 161 g/mol. The van der Waals surface area contributed by atoms with E-state index in [-0.39, 0.29) is 0 Å². The van der Waals surface area contributed by atoms with Gasteiger partial charge in [-0.25, -0.2) is 0 Å². The van der Waals surface area contributed by atoms with Crippen LogP contribution in [0.25, 0.3) is 0 Å². The summed E-state index contributed by atoms with van der Waals surface area (Å²) in [5, 5.41) is 0.414. The van der Waals surface area contributed by atoms with Crippen molar-refractivity contribution in [3.63, 3.8) is 0 Å². The maximum atomic E-state index is 6.11. The molecule has 1 aliphatic carbocycles. The lowest BCUT2D eigenvalue weighted by Crippen LogP contribution is -2.22. The highest BCUT2D eigenvalue weighted by molar-refractivity contribution is 6.20. The minimum atomic E-state index is 0.414. The third-order valence-corrected chi connectivity index (χ3v) is 2.93. The zero-order chi connectivity index (χ0) is 7.40. The van der Waals surface area contributed by atoms with Gasteiger partial charge in [0.25, 0.3) is 0 Å². The van der Waals surface area contributed by atoms with Crippen molar-refractivity contribution in [2.45, 2.75) is 37.5 Å². The molecular formula is C8H16ClN. The molecule has 0 heterocycles. The topological polar surface area (TPSA) is 26.0 Å². The Labute approximate surface area is 67.9 Å². The van der Waals surface area contributed by atoms with Crippen LogP contribution in [0.15, 0.2) is 0 Å². The average Bonchev–Trinajstić information content (AvgIpc) is 1.94. The molecular weight excluding hydrogens is 146 g/mol. The molecule has 0 aromatic carbocycles. The van der Waals surface area contributed by atoms with E-state index in [4.69, 9.17) is 17.3 Å². The van der Waals surface area contributed by atoms with Gasteiger partial charge < -0.3 is 5.73 Å². The van der Waals surface area contributed by atoms with Crippen LogP contribution in [0.2, 0.25) is 0 Å². The van der Waals surface area contributed by atoms with Gasteiger partial charge in [0.15, 0.2) is 0 Å². The van der Waals surface area contributed by atoms with E-state index in [1.807, 2.05) is 0 Å². The normalized spacial score (nSPS) is 34.2. The fraction of sp³-hybridized carbons (Fsp3) is 1.00. The number of rotatable bonds is 2. The summed E-state index contributed by atoms with van der Waals surface area (Å²) in [7, 11) is 0. The van der Waals surface area contributed by atoms with Gasteiger partial charge in [0, 0.05) is 5.38 Å². The summed E-state index contributed by atoms with van der Waals surface area (Å²) in [6.07, 6.45) is 6.29. The Kier molecular flexibility index (Phi) is 3.50. The summed E-state index contributed by atoms with van der Waals surface area (Å²) in [4.78, 5) is 0. The second kappa shape index (κ2) is 4.20. The van der Waals surface area contributed by atoms with Crippen LogP contribution in [0, 0.1) is 5.92 Å². The first kappa shape index (κ1) is 8.35. The Morgan fingerprint density at radius 3 is 2.60 bits per heavy atom. The van der Waals surface area contributed by atoms with Crippen LogP contribution < -0.4 is 5.73 Å². The Bertz CT molecular complexity index is 93.3. The number of hydrogen-bond donors (Lipinski definition) is 1. The van der Waals surface area contributed by atoms with E-state index in [0.717, 1.165) is 13.0 Å². The highest BCUT2D eigenvalue weighted by Gasteiger charge is 2.21. The minimum Gasteiger partial charge on any atom is -0.330 e. The Hall–Kier alpha value is 0.250. The van der Waals surface area contributed by atoms with Crippen molar-refractivity contribution in [1.82, 2.24) is 0 Å². The Morgan fingerprint density at radius 1 is 1.30 bits per heavy atom. The van der Waals surface area contributed by atoms with E-state index in [2.05, 4.69) is 0 Å². The molecule has 1 aliphatic rings. The molecule has 0 spiro atoms. The maximum Gasteiger partial charge on any atom is 0.0364 e. The molecule has 1 fully saturated rings. The Balaban J connectivity index is 2.25. The van der Waals surface area contributed by atoms with Gasteiger partial charge in [0.2, 0.25) is 0 Å². The first-order valence-corrected chi connectivity index (χ1v) is 4.62. The second-order valence-corrected chi connectivity index (χ2v) is 3.70. The minimum absolute atomic E-state index is 0.414. The molecule has 0 aliphatic heterocycles. The number of alkyl halides is 1. The van der Waals surface area contributed by atoms with Crippen LogP contribution in [0.5, 0.6) is 0 Å². The summed E-state index contributed by atoms with van der Waals surface area (Å²) in [6.45, 7) is 0.799. The molecule has 1 rings (SSSR count). The molecule has 0 radical (unpaired) electrons. The standard InChI is InChI=1S/C8H16ClN/c9-8-4-2-1-3-7(8)5-6-10/h7-8H,1-6,10H2/t7-,8-/m1/s1. The highest BCUT2D eigenvalue weighted by atomic mass is 35.5. The predicted octanol–water partition coefficient (Wildman–Crippen LogP) is 2.13. The van der Waals surface area contributed by atoms with Gasteiger partial charge in [-0.05, 0) is 31.7 Å². The molecule has 60 valence electrons. The molecule has 1 saturated carbocycles. The van der Waals surface area contributed by atoms with E-state index in [1.54, 1.807) is 0 Å². The van der Waals surface area contributed by atoms with Crippen molar-refractivity contribution in [2.75, 3.05) is 6.54 Å². The van der Waals surface area contributed by atoms with Gasteiger partial charge in [-0.2, -0.15) is 0 Å². The molecule has 0 amide bonds. The van der Waals surface area contributed by atoms with Gasteiger partial charge in [-0.3, -0.25) is 0 Å². The summed E-state index contributed by atoms with van der Waals surface area (Å²) in [5.74, 6) is 0.709. The van der Waals surface area contributed by atoms with Crippen molar-refractivity contribution in [3.05, 3.63) is 0 Å². The number of nitrogens with two attached hydrogens (primary N) is 1. The van der Waals surface area contributed by atoms with Gasteiger partial charge in [0.05, 0.1) is 0 Å². The molecule has 1 nitrogen and oxygen atoms in total. The van der Waals surface area contributed by atoms with Gasteiger partial charge in [0.1, 0.15) is 0 Å². The van der Waals surface area contributed by atoms with Crippen LogP contribution in [0.4, 0.5) is 0 Å². The van der Waals surface area contributed by atoms with E-state index in [0.29, 0.717) is 11.3 Å². The number of halogens is 1. The van der Waals surface area contributed by atoms with Crippen LogP contribution in [0.3, 0.4) is 0 Å². The fourth-order valence-electron chi connectivity index (χ4n) is 1.70. The lowest BCUT2D eigenvalue weighted by atomic mass is 9.86. The summed E-state index contributed by atoms with van der Waals surface area (Å²) in [5.41, 5.74) is 5.46.